The van der Waals surface area contributed by atoms with Gasteiger partial charge < -0.3 is 81.0 Å². The molecule has 0 bridgehead atoms. The van der Waals surface area contributed by atoms with Gasteiger partial charge in [0.05, 0.1) is 26.2 Å². The minimum Gasteiger partial charge on any atom is -0.493 e. The molecule has 2 unspecified atom stereocenters. The number of ether oxygens (including phenoxy) is 2. The van der Waals surface area contributed by atoms with Gasteiger partial charge in [0.2, 0.25) is 11.4 Å². The molecule has 0 amide bonds. The highest BCUT2D eigenvalue weighted by Gasteiger charge is 2.92. The molecule has 1 heterocycles. The lowest BCUT2D eigenvalue weighted by Gasteiger charge is -2.67. The molecule has 14 N–H and O–H groups in total. The maximum absolute atomic E-state index is 11.3. The van der Waals surface area contributed by atoms with Crippen molar-refractivity contribution >= 4 is 0 Å². The number of fused-ring (bicyclic) bond motifs is 1. The second kappa shape index (κ2) is 9.22. The first-order valence-corrected chi connectivity index (χ1v) is 11.8. The summed E-state index contributed by atoms with van der Waals surface area (Å²) < 4.78 is 10.2. The average Bonchev–Trinajstić information content (AvgIpc) is 3.22. The van der Waals surface area contributed by atoms with Crippen LogP contribution in [0.15, 0.2) is 42.5 Å². The number of likely N-dealkylation sites (tertiary alicyclic amines) is 1. The van der Waals surface area contributed by atoms with Gasteiger partial charge in [-0.15, -0.1) is 4.90 Å². The van der Waals surface area contributed by atoms with E-state index in [0.29, 0.717) is 0 Å². The van der Waals surface area contributed by atoms with E-state index in [1.54, 1.807) is 0 Å². The average molecular weight is 590 g/mol. The van der Waals surface area contributed by atoms with Gasteiger partial charge in [0.1, 0.15) is 0 Å². The Morgan fingerprint density at radius 2 is 1.22 bits per heavy atom. The Bertz CT molecular complexity index is 1280. The van der Waals surface area contributed by atoms with Crippen molar-refractivity contribution in [3.05, 3.63) is 59.2 Å². The van der Waals surface area contributed by atoms with Gasteiger partial charge >= 0.3 is 0 Å². The summed E-state index contributed by atoms with van der Waals surface area (Å²) in [4.78, 5) is -1.23. The summed E-state index contributed by atoms with van der Waals surface area (Å²) >= 11 is 0. The number of aliphatic hydroxyl groups excluding tert-OH is 1. The van der Waals surface area contributed by atoms with Crippen LogP contribution < -0.4 is 9.47 Å². The Morgan fingerprint density at radius 3 is 1.68 bits per heavy atom. The van der Waals surface area contributed by atoms with E-state index in [9.17, 15) is 71.5 Å². The summed E-state index contributed by atoms with van der Waals surface area (Å²) in [5, 5.41) is 153. The number of rotatable bonds is 6. The third-order valence-electron chi connectivity index (χ3n) is 7.88. The molecule has 1 aliphatic carbocycles. The van der Waals surface area contributed by atoms with Crippen LogP contribution in [0, 0.1) is 5.92 Å². The van der Waals surface area contributed by atoms with Crippen LogP contribution in [-0.2, 0) is 12.3 Å². The molecule has 4 rings (SSSR count). The summed E-state index contributed by atoms with van der Waals surface area (Å²) in [6.45, 7) is 0. The molecule has 1 fully saturated rings. The van der Waals surface area contributed by atoms with Crippen molar-refractivity contribution in [3.8, 4) is 11.5 Å². The Kier molecular flexibility index (Phi) is 7.05. The fourth-order valence-electron chi connectivity index (χ4n) is 5.58. The zero-order chi connectivity index (χ0) is 31.2. The predicted molar refractivity (Wildman–Crippen MR) is 127 cm³/mol. The summed E-state index contributed by atoms with van der Waals surface area (Å²) in [5.74, 6) is -31.0. The van der Waals surface area contributed by atoms with E-state index in [2.05, 4.69) is 0 Å². The quantitative estimate of drug-likeness (QED) is 0.139. The van der Waals surface area contributed by atoms with E-state index >= 15 is 0 Å². The van der Waals surface area contributed by atoms with Gasteiger partial charge in [-0.2, -0.15) is 0 Å². The molecule has 17 heteroatoms. The first-order valence-electron chi connectivity index (χ1n) is 11.8. The van der Waals surface area contributed by atoms with E-state index in [1.807, 2.05) is 0 Å². The highest BCUT2D eigenvalue weighted by atomic mass is 16.7. The van der Waals surface area contributed by atoms with Gasteiger partial charge in [0.15, 0.2) is 11.5 Å². The first kappa shape index (κ1) is 31.4. The lowest BCUT2D eigenvalue weighted by Crippen LogP contribution is -2.99. The molecule has 2 aromatic carbocycles. The molecule has 2 atom stereocenters. The second-order valence-electron chi connectivity index (χ2n) is 10.1. The van der Waals surface area contributed by atoms with Crippen LogP contribution >= 0.6 is 0 Å². The molecule has 0 spiro atoms. The Labute approximate surface area is 230 Å². The monoisotopic (exact) mass is 589 g/mol. The minimum absolute atomic E-state index is 0.0365. The van der Waals surface area contributed by atoms with Crippen molar-refractivity contribution in [2.24, 2.45) is 5.92 Å². The van der Waals surface area contributed by atoms with E-state index in [-0.39, 0.29) is 22.6 Å². The predicted octanol–water partition coefficient (Wildman–Crippen LogP) is -5.93. The van der Waals surface area contributed by atoms with Crippen LogP contribution in [0.25, 0.3) is 0 Å². The fraction of sp³-hybridized carbons (Fsp3) is 0.500. The Hall–Kier alpha value is -2.56. The number of nitrogens with zero attached hydrogens (tertiary/aromatic N) is 1. The molecule has 2 aromatic rings. The van der Waals surface area contributed by atoms with Crippen LogP contribution in [0.3, 0.4) is 0 Å². The van der Waals surface area contributed by atoms with Gasteiger partial charge in [-0.1, -0.05) is 30.3 Å². The van der Waals surface area contributed by atoms with Crippen molar-refractivity contribution in [2.45, 2.75) is 53.2 Å². The number of piperidine rings is 1. The number of aliphatic hydroxyl groups is 14. The van der Waals surface area contributed by atoms with Crippen LogP contribution in [0.5, 0.6) is 11.5 Å². The van der Waals surface area contributed by atoms with Crippen LogP contribution in [0.1, 0.15) is 22.8 Å². The summed E-state index contributed by atoms with van der Waals surface area (Å²) in [7, 11) is 2.49. The van der Waals surface area contributed by atoms with Gasteiger partial charge in [-0.25, -0.2) is 0 Å². The van der Waals surface area contributed by atoms with Gasteiger partial charge in [-0.3, -0.25) is 0 Å². The van der Waals surface area contributed by atoms with Gasteiger partial charge in [-0.05, 0) is 29.7 Å². The smallest absolute Gasteiger partial charge is 0.294 e. The maximum atomic E-state index is 11.3. The van der Waals surface area contributed by atoms with Crippen molar-refractivity contribution in [1.29, 1.82) is 0 Å². The molecule has 1 saturated heterocycles. The SMILES string of the molecule is COc1cc2c(cc1OC)C(O)C(C(O)(O)C1(O)C(O)(O)C(O)(O)N(C(O)(O)c3ccccc3)C(O)(O)C1(O)O)C2. The highest BCUT2D eigenvalue weighted by molar-refractivity contribution is 5.51. The van der Waals surface area contributed by atoms with E-state index in [1.165, 1.54) is 32.4 Å². The molecule has 41 heavy (non-hydrogen) atoms. The molecule has 0 radical (unpaired) electrons. The summed E-state index contributed by atoms with van der Waals surface area (Å²) in [6.07, 6.45) is -2.82. The third-order valence-corrected chi connectivity index (χ3v) is 7.88. The van der Waals surface area contributed by atoms with Crippen molar-refractivity contribution in [1.82, 2.24) is 4.90 Å². The molecule has 228 valence electrons. The lowest BCUT2D eigenvalue weighted by atomic mass is 9.65. The second-order valence-corrected chi connectivity index (χ2v) is 10.1. The van der Waals surface area contributed by atoms with Gasteiger partial charge in [0.25, 0.3) is 29.3 Å². The molecular formula is C24H31NO16. The van der Waals surface area contributed by atoms with Crippen LogP contribution in [0.4, 0.5) is 0 Å². The molecule has 2 aliphatic rings. The van der Waals surface area contributed by atoms with Crippen LogP contribution in [0.2, 0.25) is 0 Å². The topological polar surface area (TPSA) is 305 Å². The third kappa shape index (κ3) is 3.72. The van der Waals surface area contributed by atoms with Crippen molar-refractivity contribution < 1.29 is 81.0 Å². The van der Waals surface area contributed by atoms with Crippen molar-refractivity contribution in [2.75, 3.05) is 14.2 Å². The molecule has 0 aromatic heterocycles. The highest BCUT2D eigenvalue weighted by Crippen LogP contribution is 2.59. The summed E-state index contributed by atoms with van der Waals surface area (Å²) in [6, 6.07) is 7.72. The fourth-order valence-corrected chi connectivity index (χ4v) is 5.58. The number of methoxy groups -OCH3 is 2. The molecular weight excluding hydrogens is 558 g/mol. The molecule has 1 aliphatic heterocycles. The molecule has 17 nitrogen and oxygen atoms in total. The Morgan fingerprint density at radius 1 is 0.756 bits per heavy atom. The number of hydrogen-bond donors (Lipinski definition) is 14. The van der Waals surface area contributed by atoms with E-state index in [0.717, 1.165) is 24.3 Å². The van der Waals surface area contributed by atoms with Crippen molar-refractivity contribution in [3.63, 3.8) is 0 Å². The largest absolute Gasteiger partial charge is 0.493 e. The summed E-state index contributed by atoms with van der Waals surface area (Å²) in [5.41, 5.74) is -5.97. The number of benzene rings is 2. The molecule has 0 saturated carbocycles. The standard InChI is InChI=1S/C24H31NO16/c1-40-15-9-11-8-14(17(26)13(11)10-16(15)41-2)18(27,28)20(31)21(32,33)23(36,37)25(24(38,39)22(20,34)35)19(29,30)12-6-4-3-5-7-12/h3-7,9-10,14,17,26-39H,8H2,1-2H3. The Balaban J connectivity index is 1.91. The normalized spacial score (nSPS) is 26.3. The lowest BCUT2D eigenvalue weighted by molar-refractivity contribution is -0.647. The first-order chi connectivity index (χ1) is 18.6. The van der Waals surface area contributed by atoms with E-state index in [4.69, 9.17) is 9.47 Å². The maximum Gasteiger partial charge on any atom is 0.294 e. The zero-order valence-corrected chi connectivity index (χ0v) is 21.4. The van der Waals surface area contributed by atoms with Gasteiger partial charge in [0, 0.05) is 5.56 Å². The number of hydrogen-bond acceptors (Lipinski definition) is 17. The minimum atomic E-state index is -5.13. The van der Waals surface area contributed by atoms with E-state index < -0.39 is 69.6 Å². The zero-order valence-electron chi connectivity index (χ0n) is 21.4. The van der Waals surface area contributed by atoms with Crippen LogP contribution in [-0.4, -0.2) is 125 Å².